The molecule has 1 radical (unpaired) electrons. The maximum Gasteiger partial charge on any atom is 0.0964 e. The van der Waals surface area contributed by atoms with Crippen LogP contribution in [0.4, 0.5) is 0 Å². The number of hydrogen-bond acceptors (Lipinski definition) is 2. The number of aromatic nitrogens is 2. The van der Waals surface area contributed by atoms with Crippen LogP contribution in [0.25, 0.3) is 21.8 Å². The Morgan fingerprint density at radius 1 is 0.667 bits per heavy atom. The molecule has 0 saturated heterocycles. The van der Waals surface area contributed by atoms with Gasteiger partial charge in [0.15, 0.2) is 0 Å². The molecule has 3 aromatic rings. The third-order valence-corrected chi connectivity index (χ3v) is 2.34. The van der Waals surface area contributed by atoms with Crippen molar-refractivity contribution < 1.29 is 49.4 Å². The van der Waals surface area contributed by atoms with Crippen LogP contribution in [0.1, 0.15) is 0 Å². The first-order valence-electron chi connectivity index (χ1n) is 4.53. The maximum absolute atomic E-state index is 4.35. The summed E-state index contributed by atoms with van der Waals surface area (Å²) >= 11 is 0. The van der Waals surface area contributed by atoms with Gasteiger partial charge in [-0.2, -0.15) is 0 Å². The molecule has 0 saturated carbocycles. The van der Waals surface area contributed by atoms with Gasteiger partial charge >= 0.3 is 0 Å². The van der Waals surface area contributed by atoms with Gasteiger partial charge in [-0.15, -0.1) is 0 Å². The standard InChI is InChI=1S/C12H8N2.Eu/c1-3-9-5-6-10-4-2-8-14-12(10)11(9)13-7-1;/h1-8H;. The van der Waals surface area contributed by atoms with Crippen LogP contribution in [0, 0.1) is 49.4 Å². The first-order chi connectivity index (χ1) is 6.95. The Morgan fingerprint density at radius 2 is 1.13 bits per heavy atom. The summed E-state index contributed by atoms with van der Waals surface area (Å²) in [6.45, 7) is 0. The number of benzene rings is 1. The molecule has 3 heteroatoms. The maximum atomic E-state index is 4.35. The van der Waals surface area contributed by atoms with Crippen LogP contribution in [0.15, 0.2) is 48.8 Å². The molecule has 0 amide bonds. The van der Waals surface area contributed by atoms with Gasteiger partial charge in [-0.1, -0.05) is 24.3 Å². The Balaban J connectivity index is 0.000000853. The van der Waals surface area contributed by atoms with Crippen molar-refractivity contribution in [2.75, 3.05) is 0 Å². The topological polar surface area (TPSA) is 25.8 Å². The fourth-order valence-electron chi connectivity index (χ4n) is 1.68. The second-order valence-corrected chi connectivity index (χ2v) is 3.22. The summed E-state index contributed by atoms with van der Waals surface area (Å²) in [4.78, 5) is 8.69. The largest absolute Gasteiger partial charge is 0.254 e. The van der Waals surface area contributed by atoms with Gasteiger partial charge in [-0.25, -0.2) is 0 Å². The Morgan fingerprint density at radius 3 is 1.60 bits per heavy atom. The van der Waals surface area contributed by atoms with E-state index in [9.17, 15) is 0 Å². The summed E-state index contributed by atoms with van der Waals surface area (Å²) in [5, 5.41) is 2.28. The Labute approximate surface area is 128 Å². The van der Waals surface area contributed by atoms with Crippen LogP contribution in [0.2, 0.25) is 0 Å². The van der Waals surface area contributed by atoms with Crippen LogP contribution < -0.4 is 0 Å². The molecule has 0 atom stereocenters. The van der Waals surface area contributed by atoms with Crippen molar-refractivity contribution in [1.82, 2.24) is 9.97 Å². The molecule has 2 heterocycles. The van der Waals surface area contributed by atoms with Gasteiger partial charge in [0.2, 0.25) is 0 Å². The number of pyridine rings is 2. The normalized spacial score (nSPS) is 10.1. The molecule has 0 fully saturated rings. The minimum absolute atomic E-state index is 0. The molecule has 3 rings (SSSR count). The van der Waals surface area contributed by atoms with Crippen LogP contribution in [0.5, 0.6) is 0 Å². The van der Waals surface area contributed by atoms with E-state index in [1.807, 2.05) is 12.1 Å². The van der Waals surface area contributed by atoms with Crippen LogP contribution in [-0.2, 0) is 0 Å². The SMILES string of the molecule is [Eu].c1cnc2c(c1)ccc1cccnc12. The molecule has 15 heavy (non-hydrogen) atoms. The first kappa shape index (κ1) is 11.1. The molecule has 0 aliphatic rings. The average molecular weight is 332 g/mol. The molecule has 1 aromatic carbocycles. The molecule has 0 spiro atoms. The predicted molar refractivity (Wildman–Crippen MR) is 57.0 cm³/mol. The van der Waals surface area contributed by atoms with Crippen LogP contribution in [-0.4, -0.2) is 9.97 Å². The van der Waals surface area contributed by atoms with Gasteiger partial charge in [-0.3, -0.25) is 9.97 Å². The molecular formula is C12H8EuN2. The first-order valence-corrected chi connectivity index (χ1v) is 4.53. The predicted octanol–water partition coefficient (Wildman–Crippen LogP) is 2.78. The van der Waals surface area contributed by atoms with E-state index in [1.165, 1.54) is 0 Å². The van der Waals surface area contributed by atoms with Crippen molar-refractivity contribution in [1.29, 1.82) is 0 Å². The third kappa shape index (κ3) is 1.96. The van der Waals surface area contributed by atoms with Crippen molar-refractivity contribution in [3.63, 3.8) is 0 Å². The fourth-order valence-corrected chi connectivity index (χ4v) is 1.68. The van der Waals surface area contributed by atoms with Gasteiger partial charge in [0.05, 0.1) is 11.0 Å². The average Bonchev–Trinajstić information content (AvgIpc) is 2.29. The van der Waals surface area contributed by atoms with E-state index in [0.717, 1.165) is 21.8 Å². The summed E-state index contributed by atoms with van der Waals surface area (Å²) in [7, 11) is 0. The molecule has 0 bridgehead atoms. The number of fused-ring (bicyclic) bond motifs is 3. The zero-order valence-electron chi connectivity index (χ0n) is 7.89. The van der Waals surface area contributed by atoms with E-state index in [-0.39, 0.29) is 49.4 Å². The zero-order chi connectivity index (χ0) is 9.38. The van der Waals surface area contributed by atoms with Crippen LogP contribution >= 0.6 is 0 Å². The number of rotatable bonds is 0. The van der Waals surface area contributed by atoms with Crippen molar-refractivity contribution in [3.05, 3.63) is 48.8 Å². The number of hydrogen-bond donors (Lipinski definition) is 0. The third-order valence-electron chi connectivity index (χ3n) is 2.34. The number of nitrogens with zero attached hydrogens (tertiary/aromatic N) is 2. The zero-order valence-corrected chi connectivity index (χ0v) is 10.3. The van der Waals surface area contributed by atoms with E-state index < -0.39 is 0 Å². The quantitative estimate of drug-likeness (QED) is 0.592. The van der Waals surface area contributed by atoms with Crippen molar-refractivity contribution in [2.24, 2.45) is 0 Å². The minimum Gasteiger partial charge on any atom is -0.254 e. The second kappa shape index (κ2) is 4.64. The van der Waals surface area contributed by atoms with Crippen molar-refractivity contribution in [3.8, 4) is 0 Å². The monoisotopic (exact) mass is 333 g/mol. The summed E-state index contributed by atoms with van der Waals surface area (Å²) < 4.78 is 0. The van der Waals surface area contributed by atoms with Gasteiger partial charge in [0.1, 0.15) is 0 Å². The van der Waals surface area contributed by atoms with Gasteiger partial charge in [-0.05, 0) is 12.1 Å². The van der Waals surface area contributed by atoms with E-state index in [2.05, 4.69) is 34.2 Å². The Kier molecular flexibility index (Phi) is 3.44. The van der Waals surface area contributed by atoms with Gasteiger partial charge in [0, 0.05) is 72.5 Å². The smallest absolute Gasteiger partial charge is 0.0964 e. The molecule has 2 aromatic heterocycles. The van der Waals surface area contributed by atoms with E-state index in [4.69, 9.17) is 0 Å². The molecule has 0 N–H and O–H groups in total. The molecule has 73 valence electrons. The van der Waals surface area contributed by atoms with Gasteiger partial charge < -0.3 is 0 Å². The molecule has 0 unspecified atom stereocenters. The van der Waals surface area contributed by atoms with E-state index in [0.29, 0.717) is 0 Å². The second-order valence-electron chi connectivity index (χ2n) is 3.22. The molecule has 0 aliphatic carbocycles. The minimum atomic E-state index is 0. The molecular weight excluding hydrogens is 324 g/mol. The summed E-state index contributed by atoms with van der Waals surface area (Å²) in [5.74, 6) is 0. The summed E-state index contributed by atoms with van der Waals surface area (Å²) in [6, 6.07) is 12.1. The summed E-state index contributed by atoms with van der Waals surface area (Å²) in [5.41, 5.74) is 1.95. The summed E-state index contributed by atoms with van der Waals surface area (Å²) in [6.07, 6.45) is 3.60. The van der Waals surface area contributed by atoms with Crippen molar-refractivity contribution >= 4 is 21.8 Å². The van der Waals surface area contributed by atoms with E-state index >= 15 is 0 Å². The molecule has 2 nitrogen and oxygen atoms in total. The van der Waals surface area contributed by atoms with Gasteiger partial charge in [0.25, 0.3) is 0 Å². The van der Waals surface area contributed by atoms with Crippen molar-refractivity contribution in [2.45, 2.75) is 0 Å². The molecule has 0 aliphatic heterocycles. The Bertz CT molecular complexity index is 553. The Hall–Kier alpha value is -0.376. The van der Waals surface area contributed by atoms with Crippen LogP contribution in [0.3, 0.4) is 0 Å². The fraction of sp³-hybridized carbons (Fsp3) is 0. The van der Waals surface area contributed by atoms with E-state index in [1.54, 1.807) is 12.4 Å².